The summed E-state index contributed by atoms with van der Waals surface area (Å²) in [6, 6.07) is 7.26. The Labute approximate surface area is 159 Å². The Bertz CT molecular complexity index is 1060. The number of non-ortho nitro benzene ring substituents is 1. The number of aryl methyl sites for hydroxylation is 2. The van der Waals surface area contributed by atoms with Gasteiger partial charge in [-0.25, -0.2) is 0 Å². The van der Waals surface area contributed by atoms with Crippen LogP contribution in [0.4, 0.5) is 11.4 Å². The van der Waals surface area contributed by atoms with Gasteiger partial charge in [0.05, 0.1) is 28.5 Å². The average Bonchev–Trinajstić information content (AvgIpc) is 2.97. The van der Waals surface area contributed by atoms with Crippen molar-refractivity contribution in [3.05, 3.63) is 79.1 Å². The number of furan rings is 1. The molecule has 0 saturated heterocycles. The number of rotatable bonds is 5. The van der Waals surface area contributed by atoms with E-state index in [1.54, 1.807) is 0 Å². The highest BCUT2D eigenvalue weighted by Gasteiger charge is 2.17. The Morgan fingerprint density at radius 3 is 2.52 bits per heavy atom. The van der Waals surface area contributed by atoms with E-state index in [4.69, 9.17) is 16.0 Å². The average molecular weight is 389 g/mol. The van der Waals surface area contributed by atoms with Gasteiger partial charge in [0.2, 0.25) is 0 Å². The molecule has 2 heterocycles. The number of nitrogens with one attached hydrogen (secondary N) is 1. The SMILES string of the molecule is Cc1cc(C(C)Nc2cnn(-c3ccc([N+](=O)[O-])cc3)c(=O)c2Cl)c(C)o1. The van der Waals surface area contributed by atoms with Crippen molar-refractivity contribution < 1.29 is 9.34 Å². The molecule has 1 atom stereocenters. The maximum absolute atomic E-state index is 12.6. The number of nitro benzene ring substituents is 1. The minimum absolute atomic E-state index is 0.0203. The van der Waals surface area contributed by atoms with Gasteiger partial charge in [0.15, 0.2) is 0 Å². The van der Waals surface area contributed by atoms with Crippen LogP contribution in [0.1, 0.15) is 30.0 Å². The van der Waals surface area contributed by atoms with Crippen molar-refractivity contribution in [2.45, 2.75) is 26.8 Å². The lowest BCUT2D eigenvalue weighted by Gasteiger charge is -2.16. The standard InChI is InChI=1S/C18H17ClN4O4/c1-10-8-15(12(3)27-10)11(2)21-16-9-20-22(18(24)17(16)19)13-4-6-14(7-5-13)23(25)26/h4-9,11,21H,1-3H3. The molecule has 140 valence electrons. The second-order valence-corrected chi connectivity index (χ2v) is 6.48. The zero-order chi connectivity index (χ0) is 19.7. The Hall–Kier alpha value is -3.13. The molecule has 3 aromatic rings. The maximum Gasteiger partial charge on any atom is 0.292 e. The second kappa shape index (κ2) is 7.24. The molecule has 1 unspecified atom stereocenters. The van der Waals surface area contributed by atoms with Crippen LogP contribution >= 0.6 is 11.6 Å². The molecule has 0 spiro atoms. The summed E-state index contributed by atoms with van der Waals surface area (Å²) in [5.41, 5.74) is 1.14. The first-order valence-electron chi connectivity index (χ1n) is 8.14. The van der Waals surface area contributed by atoms with Crippen LogP contribution < -0.4 is 10.9 Å². The van der Waals surface area contributed by atoms with Crippen LogP contribution in [0.15, 0.2) is 45.7 Å². The molecule has 1 N–H and O–H groups in total. The van der Waals surface area contributed by atoms with E-state index >= 15 is 0 Å². The lowest BCUT2D eigenvalue weighted by atomic mass is 10.1. The van der Waals surface area contributed by atoms with E-state index in [1.807, 2.05) is 26.8 Å². The lowest BCUT2D eigenvalue weighted by Crippen LogP contribution is -2.23. The molecule has 0 radical (unpaired) electrons. The summed E-state index contributed by atoms with van der Waals surface area (Å²) in [5, 5.41) is 18.0. The monoisotopic (exact) mass is 388 g/mol. The molecular formula is C18H17ClN4O4. The van der Waals surface area contributed by atoms with Crippen LogP contribution in [0.2, 0.25) is 5.02 Å². The third-order valence-electron chi connectivity index (χ3n) is 4.14. The fourth-order valence-corrected chi connectivity index (χ4v) is 3.01. The summed E-state index contributed by atoms with van der Waals surface area (Å²) in [6.45, 7) is 5.66. The Balaban J connectivity index is 1.90. The summed E-state index contributed by atoms with van der Waals surface area (Å²) >= 11 is 6.24. The molecule has 1 aromatic carbocycles. The molecule has 27 heavy (non-hydrogen) atoms. The molecule has 0 aliphatic carbocycles. The van der Waals surface area contributed by atoms with Crippen molar-refractivity contribution in [1.29, 1.82) is 0 Å². The van der Waals surface area contributed by atoms with Gasteiger partial charge in [0, 0.05) is 17.7 Å². The number of benzene rings is 1. The number of anilines is 1. The van der Waals surface area contributed by atoms with Crippen LogP contribution in [0.25, 0.3) is 5.69 Å². The van der Waals surface area contributed by atoms with E-state index in [-0.39, 0.29) is 16.8 Å². The normalized spacial score (nSPS) is 12.0. The molecule has 0 fully saturated rings. The van der Waals surface area contributed by atoms with Gasteiger partial charge >= 0.3 is 0 Å². The van der Waals surface area contributed by atoms with Gasteiger partial charge in [0.25, 0.3) is 11.2 Å². The molecular weight excluding hydrogens is 372 g/mol. The maximum atomic E-state index is 12.6. The van der Waals surface area contributed by atoms with Crippen LogP contribution in [0.5, 0.6) is 0 Å². The summed E-state index contributed by atoms with van der Waals surface area (Å²) < 4.78 is 6.62. The predicted molar refractivity (Wildman–Crippen MR) is 102 cm³/mol. The van der Waals surface area contributed by atoms with Crippen LogP contribution in [-0.4, -0.2) is 14.7 Å². The minimum Gasteiger partial charge on any atom is -0.466 e. The van der Waals surface area contributed by atoms with Crippen molar-refractivity contribution in [1.82, 2.24) is 9.78 Å². The molecule has 0 aliphatic heterocycles. The fraction of sp³-hybridized carbons (Fsp3) is 0.222. The van der Waals surface area contributed by atoms with Gasteiger partial charge in [-0.3, -0.25) is 14.9 Å². The predicted octanol–water partition coefficient (Wildman–Crippen LogP) is 4.18. The second-order valence-electron chi connectivity index (χ2n) is 6.10. The van der Waals surface area contributed by atoms with Crippen LogP contribution in [0.3, 0.4) is 0 Å². The summed E-state index contributed by atoms with van der Waals surface area (Å²) in [5.74, 6) is 1.59. The van der Waals surface area contributed by atoms with Gasteiger partial charge in [-0.2, -0.15) is 9.78 Å². The zero-order valence-electron chi connectivity index (χ0n) is 14.9. The topological polar surface area (TPSA) is 103 Å². The molecule has 3 rings (SSSR count). The fourth-order valence-electron chi connectivity index (χ4n) is 2.82. The molecule has 9 heteroatoms. The summed E-state index contributed by atoms with van der Waals surface area (Å²) in [6.07, 6.45) is 1.45. The van der Waals surface area contributed by atoms with E-state index in [0.717, 1.165) is 21.8 Å². The quantitative estimate of drug-likeness (QED) is 0.519. The van der Waals surface area contributed by atoms with Crippen LogP contribution in [-0.2, 0) is 0 Å². The molecule has 0 aliphatic rings. The minimum atomic E-state index is -0.525. The number of halogens is 1. The highest BCUT2D eigenvalue weighted by Crippen LogP contribution is 2.27. The number of nitro groups is 1. The van der Waals surface area contributed by atoms with Gasteiger partial charge in [-0.05, 0) is 39.0 Å². The number of hydrogen-bond acceptors (Lipinski definition) is 6. The van der Waals surface area contributed by atoms with Crippen molar-refractivity contribution in [3.63, 3.8) is 0 Å². The molecule has 0 amide bonds. The number of nitrogens with zero attached hydrogens (tertiary/aromatic N) is 3. The highest BCUT2D eigenvalue weighted by molar-refractivity contribution is 6.33. The summed E-state index contributed by atoms with van der Waals surface area (Å²) in [7, 11) is 0. The van der Waals surface area contributed by atoms with E-state index in [2.05, 4.69) is 10.4 Å². The van der Waals surface area contributed by atoms with Crippen molar-refractivity contribution in [3.8, 4) is 5.69 Å². The number of hydrogen-bond donors (Lipinski definition) is 1. The number of aromatic nitrogens is 2. The first-order chi connectivity index (χ1) is 12.8. The molecule has 0 saturated carbocycles. The third kappa shape index (κ3) is 3.70. The highest BCUT2D eigenvalue weighted by atomic mass is 35.5. The Kier molecular flexibility index (Phi) is 5.00. The molecule has 0 bridgehead atoms. The van der Waals surface area contributed by atoms with Gasteiger partial charge in [-0.1, -0.05) is 11.6 Å². The summed E-state index contributed by atoms with van der Waals surface area (Å²) in [4.78, 5) is 22.8. The van der Waals surface area contributed by atoms with E-state index in [9.17, 15) is 14.9 Å². The first-order valence-corrected chi connectivity index (χ1v) is 8.52. The van der Waals surface area contributed by atoms with E-state index in [1.165, 1.54) is 30.5 Å². The largest absolute Gasteiger partial charge is 0.466 e. The zero-order valence-corrected chi connectivity index (χ0v) is 15.6. The van der Waals surface area contributed by atoms with E-state index < -0.39 is 10.5 Å². The van der Waals surface area contributed by atoms with Crippen LogP contribution in [0, 0.1) is 24.0 Å². The Morgan fingerprint density at radius 2 is 1.96 bits per heavy atom. The van der Waals surface area contributed by atoms with Crippen molar-refractivity contribution in [2.75, 3.05) is 5.32 Å². The lowest BCUT2D eigenvalue weighted by molar-refractivity contribution is -0.384. The smallest absolute Gasteiger partial charge is 0.292 e. The Morgan fingerprint density at radius 1 is 1.30 bits per heavy atom. The van der Waals surface area contributed by atoms with Crippen molar-refractivity contribution in [2.24, 2.45) is 0 Å². The molecule has 8 nitrogen and oxygen atoms in total. The molecule has 2 aromatic heterocycles. The first kappa shape index (κ1) is 18.7. The van der Waals surface area contributed by atoms with E-state index in [0.29, 0.717) is 11.4 Å². The third-order valence-corrected chi connectivity index (χ3v) is 4.51. The van der Waals surface area contributed by atoms with Crippen molar-refractivity contribution >= 4 is 23.0 Å². The van der Waals surface area contributed by atoms with Gasteiger partial charge in [-0.15, -0.1) is 0 Å². The van der Waals surface area contributed by atoms with Gasteiger partial charge in [0.1, 0.15) is 16.5 Å². The van der Waals surface area contributed by atoms with Gasteiger partial charge < -0.3 is 9.73 Å².